The maximum absolute atomic E-state index is 12.0. The van der Waals surface area contributed by atoms with Crippen LogP contribution >= 0.6 is 11.8 Å². The molecule has 21 heavy (non-hydrogen) atoms. The lowest BCUT2D eigenvalue weighted by Gasteiger charge is -2.24. The van der Waals surface area contributed by atoms with Crippen molar-refractivity contribution in [1.29, 1.82) is 0 Å². The Balaban J connectivity index is 2.16. The molecule has 7 heteroatoms. The van der Waals surface area contributed by atoms with Crippen LogP contribution in [0.2, 0.25) is 0 Å². The number of hydrogen-bond acceptors (Lipinski definition) is 5. The monoisotopic (exact) mass is 329 g/mol. The van der Waals surface area contributed by atoms with E-state index in [0.29, 0.717) is 17.9 Å². The normalized spacial score (nSPS) is 22.4. The Morgan fingerprint density at radius 3 is 2.81 bits per heavy atom. The predicted molar refractivity (Wildman–Crippen MR) is 90.3 cm³/mol. The summed E-state index contributed by atoms with van der Waals surface area (Å²) in [5, 5.41) is 3.31. The predicted octanol–water partition coefficient (Wildman–Crippen LogP) is 2.26. The van der Waals surface area contributed by atoms with Gasteiger partial charge in [-0.15, -0.1) is 0 Å². The van der Waals surface area contributed by atoms with Crippen LogP contribution in [0.5, 0.6) is 0 Å². The highest BCUT2D eigenvalue weighted by Crippen LogP contribution is 2.38. The second-order valence-electron chi connectivity index (χ2n) is 5.51. The number of sulfonamides is 1. The van der Waals surface area contributed by atoms with Gasteiger partial charge in [0.2, 0.25) is 10.0 Å². The molecule has 1 unspecified atom stereocenters. The summed E-state index contributed by atoms with van der Waals surface area (Å²) in [5.74, 6) is 1.18. The Labute approximate surface area is 131 Å². The first-order chi connectivity index (χ1) is 9.86. The number of benzene rings is 1. The maximum atomic E-state index is 12.0. The molecule has 2 rings (SSSR count). The summed E-state index contributed by atoms with van der Waals surface area (Å²) in [6.45, 7) is 5.13. The SMILES string of the molecule is CCNS(=O)(=O)c1ccc(N)c(NCC2(C)CCCS2)c1. The summed E-state index contributed by atoms with van der Waals surface area (Å²) in [6.07, 6.45) is 2.40. The van der Waals surface area contributed by atoms with Crippen molar-refractivity contribution in [3.05, 3.63) is 18.2 Å². The van der Waals surface area contributed by atoms with E-state index in [2.05, 4.69) is 17.0 Å². The van der Waals surface area contributed by atoms with E-state index >= 15 is 0 Å². The molecular weight excluding hydrogens is 306 g/mol. The Morgan fingerprint density at radius 1 is 1.43 bits per heavy atom. The van der Waals surface area contributed by atoms with E-state index in [-0.39, 0.29) is 9.64 Å². The summed E-state index contributed by atoms with van der Waals surface area (Å²) < 4.78 is 26.8. The molecule has 1 aromatic carbocycles. The molecule has 1 aromatic rings. The maximum Gasteiger partial charge on any atom is 0.240 e. The fraction of sp³-hybridized carbons (Fsp3) is 0.571. The molecule has 0 bridgehead atoms. The van der Waals surface area contributed by atoms with E-state index in [1.165, 1.54) is 24.7 Å². The lowest BCUT2D eigenvalue weighted by molar-refractivity contribution is 0.584. The van der Waals surface area contributed by atoms with Crippen LogP contribution in [0.25, 0.3) is 0 Å². The molecule has 1 aliphatic heterocycles. The summed E-state index contributed by atoms with van der Waals surface area (Å²) >= 11 is 1.95. The number of hydrogen-bond donors (Lipinski definition) is 3. The van der Waals surface area contributed by atoms with Crippen LogP contribution < -0.4 is 15.8 Å². The van der Waals surface area contributed by atoms with Gasteiger partial charge in [-0.25, -0.2) is 13.1 Å². The highest BCUT2D eigenvalue weighted by molar-refractivity contribution is 8.00. The number of nitrogens with two attached hydrogens (primary N) is 1. The van der Waals surface area contributed by atoms with E-state index in [4.69, 9.17) is 5.73 Å². The number of thioether (sulfide) groups is 1. The second-order valence-corrected chi connectivity index (χ2v) is 8.96. The Hall–Kier alpha value is -0.920. The molecule has 118 valence electrons. The topological polar surface area (TPSA) is 84.2 Å². The molecule has 0 amide bonds. The summed E-state index contributed by atoms with van der Waals surface area (Å²) in [6, 6.07) is 4.78. The molecule has 1 fully saturated rings. The Kier molecular flexibility index (Phi) is 5.06. The van der Waals surface area contributed by atoms with Crippen LogP contribution in [-0.2, 0) is 10.0 Å². The van der Waals surface area contributed by atoms with E-state index in [1.807, 2.05) is 11.8 Å². The minimum absolute atomic E-state index is 0.197. The lowest BCUT2D eigenvalue weighted by Crippen LogP contribution is -2.27. The standard InChI is InChI=1S/C14H23N3O2S2/c1-3-17-21(18,19)11-5-6-12(15)13(9-11)16-10-14(2)7-4-8-20-14/h5-6,9,16-17H,3-4,7-8,10,15H2,1-2H3. The largest absolute Gasteiger partial charge is 0.397 e. The number of nitrogens with one attached hydrogen (secondary N) is 2. The zero-order valence-electron chi connectivity index (χ0n) is 12.5. The fourth-order valence-electron chi connectivity index (χ4n) is 2.39. The Morgan fingerprint density at radius 2 is 2.19 bits per heavy atom. The summed E-state index contributed by atoms with van der Waals surface area (Å²) in [7, 11) is -3.45. The first-order valence-electron chi connectivity index (χ1n) is 7.13. The number of anilines is 2. The molecular formula is C14H23N3O2S2. The third kappa shape index (κ3) is 4.05. The Bertz CT molecular complexity index is 596. The van der Waals surface area contributed by atoms with Gasteiger partial charge in [-0.1, -0.05) is 6.92 Å². The van der Waals surface area contributed by atoms with Crippen molar-refractivity contribution in [3.63, 3.8) is 0 Å². The van der Waals surface area contributed by atoms with Crippen LogP contribution in [0.4, 0.5) is 11.4 Å². The first-order valence-corrected chi connectivity index (χ1v) is 9.60. The van der Waals surface area contributed by atoms with Gasteiger partial charge in [0.25, 0.3) is 0 Å². The smallest absolute Gasteiger partial charge is 0.240 e. The quantitative estimate of drug-likeness (QED) is 0.697. The molecule has 1 aliphatic rings. The average molecular weight is 329 g/mol. The van der Waals surface area contributed by atoms with Crippen molar-refractivity contribution in [2.45, 2.75) is 36.3 Å². The molecule has 1 saturated heterocycles. The van der Waals surface area contributed by atoms with Gasteiger partial charge in [-0.05, 0) is 43.7 Å². The van der Waals surface area contributed by atoms with Crippen molar-refractivity contribution < 1.29 is 8.42 Å². The van der Waals surface area contributed by atoms with E-state index in [9.17, 15) is 8.42 Å². The number of nitrogen functional groups attached to an aromatic ring is 1. The fourth-order valence-corrected chi connectivity index (χ4v) is 4.70. The lowest BCUT2D eigenvalue weighted by atomic mass is 10.1. The van der Waals surface area contributed by atoms with E-state index < -0.39 is 10.0 Å². The van der Waals surface area contributed by atoms with Crippen molar-refractivity contribution in [1.82, 2.24) is 4.72 Å². The molecule has 0 radical (unpaired) electrons. The van der Waals surface area contributed by atoms with Crippen LogP contribution in [0.1, 0.15) is 26.7 Å². The van der Waals surface area contributed by atoms with Crippen molar-refractivity contribution in [2.75, 3.05) is 29.9 Å². The summed E-state index contributed by atoms with van der Waals surface area (Å²) in [4.78, 5) is 0.241. The molecule has 1 atom stereocenters. The van der Waals surface area contributed by atoms with Crippen LogP contribution in [0, 0.1) is 0 Å². The van der Waals surface area contributed by atoms with Crippen molar-refractivity contribution in [3.8, 4) is 0 Å². The zero-order valence-corrected chi connectivity index (χ0v) is 14.1. The van der Waals surface area contributed by atoms with E-state index in [1.54, 1.807) is 19.1 Å². The minimum Gasteiger partial charge on any atom is -0.397 e. The van der Waals surface area contributed by atoms with Gasteiger partial charge in [-0.2, -0.15) is 11.8 Å². The molecule has 0 aromatic heterocycles. The van der Waals surface area contributed by atoms with Crippen LogP contribution in [0.15, 0.2) is 23.1 Å². The number of rotatable bonds is 6. The minimum atomic E-state index is -3.45. The molecule has 0 spiro atoms. The first kappa shape index (κ1) is 16.5. The van der Waals surface area contributed by atoms with Gasteiger partial charge in [-0.3, -0.25) is 0 Å². The van der Waals surface area contributed by atoms with Gasteiger partial charge < -0.3 is 11.1 Å². The molecule has 1 heterocycles. The van der Waals surface area contributed by atoms with Crippen molar-refractivity contribution >= 4 is 33.2 Å². The third-order valence-electron chi connectivity index (χ3n) is 3.62. The van der Waals surface area contributed by atoms with Gasteiger partial charge in [0, 0.05) is 17.8 Å². The van der Waals surface area contributed by atoms with Gasteiger partial charge >= 0.3 is 0 Å². The highest BCUT2D eigenvalue weighted by atomic mass is 32.2. The van der Waals surface area contributed by atoms with Gasteiger partial charge in [0.15, 0.2) is 0 Å². The molecule has 0 aliphatic carbocycles. The van der Waals surface area contributed by atoms with Gasteiger partial charge in [0.1, 0.15) is 0 Å². The zero-order chi connectivity index (χ0) is 15.5. The molecule has 5 nitrogen and oxygen atoms in total. The second kappa shape index (κ2) is 6.46. The van der Waals surface area contributed by atoms with Crippen molar-refractivity contribution in [2.24, 2.45) is 0 Å². The van der Waals surface area contributed by atoms with E-state index in [0.717, 1.165) is 6.54 Å². The van der Waals surface area contributed by atoms with Gasteiger partial charge in [0.05, 0.1) is 16.3 Å². The molecule has 4 N–H and O–H groups in total. The average Bonchev–Trinajstić information content (AvgIpc) is 2.85. The van der Waals surface area contributed by atoms with Crippen LogP contribution in [0.3, 0.4) is 0 Å². The molecule has 0 saturated carbocycles. The third-order valence-corrected chi connectivity index (χ3v) is 6.70. The summed E-state index contributed by atoms with van der Waals surface area (Å²) in [5.41, 5.74) is 7.20. The highest BCUT2D eigenvalue weighted by Gasteiger charge is 2.29. The van der Waals surface area contributed by atoms with Crippen LogP contribution in [-0.4, -0.2) is 32.0 Å².